The van der Waals surface area contributed by atoms with E-state index >= 15 is 0 Å². The van der Waals surface area contributed by atoms with Gasteiger partial charge in [0.15, 0.2) is 0 Å². The van der Waals surface area contributed by atoms with Crippen LogP contribution in [-0.2, 0) is 14.8 Å². The molecule has 3 rings (SSSR count). The second-order valence-electron chi connectivity index (χ2n) is 5.31. The van der Waals surface area contributed by atoms with Gasteiger partial charge >= 0.3 is 0 Å². The zero-order valence-corrected chi connectivity index (χ0v) is 14.2. The van der Waals surface area contributed by atoms with E-state index in [-0.39, 0.29) is 27.1 Å². The van der Waals surface area contributed by atoms with Gasteiger partial charge in [-0.25, -0.2) is 8.42 Å². The number of halogens is 2. The van der Waals surface area contributed by atoms with E-state index in [4.69, 9.17) is 23.2 Å². The van der Waals surface area contributed by atoms with E-state index in [2.05, 4.69) is 5.32 Å². The summed E-state index contributed by atoms with van der Waals surface area (Å²) in [7, 11) is -3.62. The number of fused-ring (bicyclic) bond motifs is 1. The molecule has 2 unspecified atom stereocenters. The van der Waals surface area contributed by atoms with E-state index in [1.807, 2.05) is 0 Å². The molecule has 5 nitrogen and oxygen atoms in total. The monoisotopic (exact) mass is 368 g/mol. The molecule has 1 N–H and O–H groups in total. The number of piperidine rings is 2. The van der Waals surface area contributed by atoms with Gasteiger partial charge in [-0.15, -0.1) is 11.3 Å². The van der Waals surface area contributed by atoms with Crippen LogP contribution >= 0.6 is 34.5 Å². The molecular weight excluding hydrogens is 355 g/mol. The SMILES string of the molecule is O=C1CCC2CN(S(=O)(=O)c3cc(Cl)sc3Cl)CCC2N1. The molecule has 2 aliphatic rings. The average molecular weight is 369 g/mol. The Hall–Kier alpha value is -0.340. The number of amides is 1. The standard InChI is InChI=1S/C12H14Cl2N2O3S2/c13-10-5-9(12(14)20-10)21(18,19)16-4-3-8-7(6-16)1-2-11(17)15-8/h5,7-8H,1-4,6H2,(H,15,17). The average Bonchev–Trinajstić information content (AvgIpc) is 2.77. The fourth-order valence-electron chi connectivity index (χ4n) is 2.94. The van der Waals surface area contributed by atoms with Gasteiger partial charge in [0.05, 0.1) is 4.34 Å². The molecule has 21 heavy (non-hydrogen) atoms. The molecule has 3 heterocycles. The van der Waals surface area contributed by atoms with E-state index < -0.39 is 10.0 Å². The minimum atomic E-state index is -3.62. The lowest BCUT2D eigenvalue weighted by molar-refractivity contribution is -0.124. The summed E-state index contributed by atoms with van der Waals surface area (Å²) in [5, 5.41) is 2.94. The normalized spacial score (nSPS) is 27.2. The van der Waals surface area contributed by atoms with E-state index in [1.165, 1.54) is 10.4 Å². The summed E-state index contributed by atoms with van der Waals surface area (Å²) in [5.41, 5.74) is 0. The number of carbonyl (C=O) groups excluding carboxylic acids is 1. The van der Waals surface area contributed by atoms with Crippen LogP contribution in [0.2, 0.25) is 8.67 Å². The summed E-state index contributed by atoms with van der Waals surface area (Å²) in [4.78, 5) is 11.5. The first kappa shape index (κ1) is 15.6. The Morgan fingerprint density at radius 3 is 2.76 bits per heavy atom. The fraction of sp³-hybridized carbons (Fsp3) is 0.583. The van der Waals surface area contributed by atoms with Crippen molar-refractivity contribution in [2.45, 2.75) is 30.2 Å². The van der Waals surface area contributed by atoms with Gasteiger partial charge in [0.2, 0.25) is 15.9 Å². The lowest BCUT2D eigenvalue weighted by Crippen LogP contribution is -2.54. The van der Waals surface area contributed by atoms with Crippen LogP contribution in [0.25, 0.3) is 0 Å². The van der Waals surface area contributed by atoms with Crippen LogP contribution in [0.4, 0.5) is 0 Å². The Bertz CT molecular complexity index is 674. The van der Waals surface area contributed by atoms with Crippen LogP contribution in [-0.4, -0.2) is 37.8 Å². The summed E-state index contributed by atoms with van der Waals surface area (Å²) in [6.07, 6.45) is 1.81. The lowest BCUT2D eigenvalue weighted by Gasteiger charge is -2.40. The number of nitrogens with one attached hydrogen (secondary N) is 1. The first-order valence-corrected chi connectivity index (χ1v) is 9.63. The molecule has 1 amide bonds. The molecule has 2 aliphatic heterocycles. The Labute approximate surface area is 137 Å². The van der Waals surface area contributed by atoms with Crippen molar-refractivity contribution >= 4 is 50.5 Å². The largest absolute Gasteiger partial charge is 0.353 e. The zero-order valence-electron chi connectivity index (χ0n) is 11.0. The summed E-state index contributed by atoms with van der Waals surface area (Å²) in [6.45, 7) is 0.796. The maximum absolute atomic E-state index is 12.7. The Kier molecular flexibility index (Phi) is 4.22. The number of rotatable bonds is 2. The first-order valence-electron chi connectivity index (χ1n) is 6.62. The molecule has 0 radical (unpaired) electrons. The molecule has 116 valence electrons. The smallest absolute Gasteiger partial charge is 0.245 e. The molecule has 2 atom stereocenters. The summed E-state index contributed by atoms with van der Waals surface area (Å²) in [6, 6.07) is 1.48. The highest BCUT2D eigenvalue weighted by Crippen LogP contribution is 2.37. The van der Waals surface area contributed by atoms with E-state index in [9.17, 15) is 13.2 Å². The minimum Gasteiger partial charge on any atom is -0.353 e. The van der Waals surface area contributed by atoms with Gasteiger partial charge in [-0.1, -0.05) is 23.2 Å². The molecule has 0 spiro atoms. The van der Waals surface area contributed by atoms with Gasteiger partial charge in [-0.05, 0) is 24.8 Å². The van der Waals surface area contributed by atoms with Crippen molar-refractivity contribution in [1.82, 2.24) is 9.62 Å². The van der Waals surface area contributed by atoms with E-state index in [0.717, 1.165) is 17.8 Å². The molecule has 2 fully saturated rings. The van der Waals surface area contributed by atoms with E-state index in [0.29, 0.717) is 30.3 Å². The number of carbonyl (C=O) groups is 1. The maximum atomic E-state index is 12.7. The molecule has 1 aromatic heterocycles. The Morgan fingerprint density at radius 1 is 1.33 bits per heavy atom. The van der Waals surface area contributed by atoms with Gasteiger partial charge in [0.25, 0.3) is 0 Å². The van der Waals surface area contributed by atoms with Crippen molar-refractivity contribution in [2.75, 3.05) is 13.1 Å². The minimum absolute atomic E-state index is 0.0558. The highest BCUT2D eigenvalue weighted by molar-refractivity contribution is 7.89. The Morgan fingerprint density at radius 2 is 2.10 bits per heavy atom. The molecule has 0 bridgehead atoms. The second-order valence-corrected chi connectivity index (χ2v) is 9.50. The van der Waals surface area contributed by atoms with Crippen LogP contribution in [0.5, 0.6) is 0 Å². The molecule has 2 saturated heterocycles. The van der Waals surface area contributed by atoms with Gasteiger partial charge in [0, 0.05) is 25.6 Å². The predicted molar refractivity (Wildman–Crippen MR) is 82.4 cm³/mol. The van der Waals surface area contributed by atoms with Crippen LogP contribution in [0.1, 0.15) is 19.3 Å². The molecule has 9 heteroatoms. The second kappa shape index (κ2) is 5.70. The third-order valence-corrected chi connectivity index (χ3v) is 7.65. The quantitative estimate of drug-likeness (QED) is 0.870. The van der Waals surface area contributed by atoms with Crippen molar-refractivity contribution in [3.8, 4) is 0 Å². The highest BCUT2D eigenvalue weighted by atomic mass is 35.5. The van der Waals surface area contributed by atoms with Crippen LogP contribution in [0.15, 0.2) is 11.0 Å². The van der Waals surface area contributed by atoms with Gasteiger partial charge in [0.1, 0.15) is 9.23 Å². The zero-order chi connectivity index (χ0) is 15.2. The number of sulfonamides is 1. The van der Waals surface area contributed by atoms with Crippen molar-refractivity contribution in [3.05, 3.63) is 14.7 Å². The van der Waals surface area contributed by atoms with Gasteiger partial charge in [-0.3, -0.25) is 4.79 Å². The molecule has 0 saturated carbocycles. The Balaban J connectivity index is 1.82. The number of thiophene rings is 1. The van der Waals surface area contributed by atoms with Crippen molar-refractivity contribution in [3.63, 3.8) is 0 Å². The fourth-order valence-corrected chi connectivity index (χ4v) is 6.56. The number of hydrogen-bond acceptors (Lipinski definition) is 4. The van der Waals surface area contributed by atoms with Crippen LogP contribution in [0.3, 0.4) is 0 Å². The maximum Gasteiger partial charge on any atom is 0.245 e. The lowest BCUT2D eigenvalue weighted by atomic mass is 9.86. The summed E-state index contributed by atoms with van der Waals surface area (Å²) >= 11 is 12.9. The van der Waals surface area contributed by atoms with Crippen molar-refractivity contribution in [2.24, 2.45) is 5.92 Å². The van der Waals surface area contributed by atoms with Crippen molar-refractivity contribution in [1.29, 1.82) is 0 Å². The molecule has 0 aromatic carbocycles. The molecule has 0 aliphatic carbocycles. The third kappa shape index (κ3) is 2.94. The molecule has 1 aromatic rings. The predicted octanol–water partition coefficient (Wildman–Crippen LogP) is 2.34. The van der Waals surface area contributed by atoms with E-state index in [1.54, 1.807) is 0 Å². The van der Waals surface area contributed by atoms with Gasteiger partial charge in [-0.2, -0.15) is 4.31 Å². The number of hydrogen-bond donors (Lipinski definition) is 1. The summed E-state index contributed by atoms with van der Waals surface area (Å²) < 4.78 is 27.3. The number of nitrogens with zero attached hydrogens (tertiary/aromatic N) is 1. The van der Waals surface area contributed by atoms with Crippen LogP contribution in [0, 0.1) is 5.92 Å². The topological polar surface area (TPSA) is 66.5 Å². The van der Waals surface area contributed by atoms with Crippen LogP contribution < -0.4 is 5.32 Å². The summed E-state index contributed by atoms with van der Waals surface area (Å²) in [5.74, 6) is 0.222. The highest BCUT2D eigenvalue weighted by Gasteiger charge is 2.39. The third-order valence-electron chi connectivity index (χ3n) is 4.03. The first-order chi connectivity index (χ1) is 9.88. The molecular formula is C12H14Cl2N2O3S2. The van der Waals surface area contributed by atoms with Crippen molar-refractivity contribution < 1.29 is 13.2 Å². The van der Waals surface area contributed by atoms with Gasteiger partial charge < -0.3 is 5.32 Å².